The molecule has 1 aromatic heterocycles. The minimum atomic E-state index is -0.508. The number of hydrogen-bond donors (Lipinski definition) is 0. The molecule has 0 bridgehead atoms. The van der Waals surface area contributed by atoms with Crippen molar-refractivity contribution < 1.29 is 4.42 Å². The first-order chi connectivity index (χ1) is 34.7. The van der Waals surface area contributed by atoms with E-state index in [1.807, 2.05) is 6.07 Å². The summed E-state index contributed by atoms with van der Waals surface area (Å²) in [5, 5.41) is 2.24. The van der Waals surface area contributed by atoms with Gasteiger partial charge < -0.3 is 9.32 Å². The second kappa shape index (κ2) is 14.8. The first kappa shape index (κ1) is 39.1. The molecule has 0 saturated carbocycles. The maximum absolute atomic E-state index is 6.66. The molecule has 0 N–H and O–H groups in total. The Labute approximate surface area is 407 Å². The summed E-state index contributed by atoms with van der Waals surface area (Å²) in [6, 6.07) is 96.6. The molecule has 0 fully saturated rings. The normalized spacial score (nSPS) is 13.9. The number of benzene rings is 11. The van der Waals surface area contributed by atoms with Crippen molar-refractivity contribution in [3.05, 3.63) is 305 Å². The van der Waals surface area contributed by atoms with Gasteiger partial charge in [-0.2, -0.15) is 0 Å². The van der Waals surface area contributed by atoms with Crippen molar-refractivity contribution in [1.82, 2.24) is 0 Å². The molecule has 11 aromatic carbocycles. The van der Waals surface area contributed by atoms with Crippen LogP contribution in [0.3, 0.4) is 0 Å². The van der Waals surface area contributed by atoms with Crippen LogP contribution in [0.1, 0.15) is 44.5 Å². The van der Waals surface area contributed by atoms with E-state index in [0.717, 1.165) is 50.1 Å². The number of nitrogens with zero attached hydrogens (tertiary/aromatic N) is 1. The van der Waals surface area contributed by atoms with Crippen molar-refractivity contribution in [3.63, 3.8) is 0 Å². The van der Waals surface area contributed by atoms with Crippen LogP contribution in [-0.2, 0) is 10.8 Å². The molecule has 2 heteroatoms. The van der Waals surface area contributed by atoms with Gasteiger partial charge in [-0.1, -0.05) is 224 Å². The van der Waals surface area contributed by atoms with Gasteiger partial charge in [-0.25, -0.2) is 0 Å². The summed E-state index contributed by atoms with van der Waals surface area (Å²) in [6.45, 7) is 0. The van der Waals surface area contributed by atoms with E-state index in [4.69, 9.17) is 4.42 Å². The molecule has 1 heterocycles. The lowest BCUT2D eigenvalue weighted by molar-refractivity contribution is 0.670. The van der Waals surface area contributed by atoms with E-state index in [2.05, 4.69) is 260 Å². The van der Waals surface area contributed by atoms with E-state index in [-0.39, 0.29) is 0 Å². The van der Waals surface area contributed by atoms with Gasteiger partial charge in [0.2, 0.25) is 0 Å². The fourth-order valence-corrected chi connectivity index (χ4v) is 13.1. The number of rotatable bonds is 6. The zero-order valence-electron chi connectivity index (χ0n) is 38.2. The standard InChI is InChI=1S/C68H43NO/c1-2-20-45(21-3-1)67(57-31-10-4-23-50(57)51-24-5-11-32-58(51)67)46-39-41-47(42-40-46)69(48-22-16-19-44(43-48)49-29-17-30-55-54-27-9-15-38-64(54)70-66(49)55)63-37-18-36-62-65(63)56-28-8-14-35-61(56)68(62)59-33-12-6-25-52(59)53-26-7-13-34-60(53)68/h1-43H. The predicted octanol–water partition coefficient (Wildman–Crippen LogP) is 17.4. The zero-order valence-corrected chi connectivity index (χ0v) is 38.2. The van der Waals surface area contributed by atoms with Crippen molar-refractivity contribution in [2.24, 2.45) is 0 Å². The lowest BCUT2D eigenvalue weighted by atomic mass is 9.67. The molecule has 3 aliphatic carbocycles. The number of fused-ring (bicyclic) bond motifs is 16. The third-order valence-electron chi connectivity index (χ3n) is 15.8. The molecule has 0 saturated heterocycles. The second-order valence-corrected chi connectivity index (χ2v) is 19.0. The fourth-order valence-electron chi connectivity index (χ4n) is 13.1. The third-order valence-corrected chi connectivity index (χ3v) is 15.8. The van der Waals surface area contributed by atoms with Gasteiger partial charge in [0.1, 0.15) is 11.2 Å². The maximum atomic E-state index is 6.66. The quantitative estimate of drug-likeness (QED) is 0.165. The summed E-state index contributed by atoms with van der Waals surface area (Å²) in [4.78, 5) is 2.50. The van der Waals surface area contributed by atoms with Crippen LogP contribution in [0.15, 0.2) is 265 Å². The molecule has 2 nitrogen and oxygen atoms in total. The van der Waals surface area contributed by atoms with Gasteiger partial charge in [0.15, 0.2) is 0 Å². The lowest BCUT2D eigenvalue weighted by Crippen LogP contribution is -2.28. The molecule has 70 heavy (non-hydrogen) atoms. The highest BCUT2D eigenvalue weighted by Gasteiger charge is 2.52. The highest BCUT2D eigenvalue weighted by atomic mass is 16.3. The summed E-state index contributed by atoms with van der Waals surface area (Å²) in [5.41, 5.74) is 24.3. The van der Waals surface area contributed by atoms with Gasteiger partial charge in [-0.05, 0) is 114 Å². The molecule has 3 aliphatic rings. The molecule has 0 atom stereocenters. The first-order valence-corrected chi connectivity index (χ1v) is 24.3. The van der Waals surface area contributed by atoms with Crippen LogP contribution in [0.2, 0.25) is 0 Å². The number of anilines is 3. The highest BCUT2D eigenvalue weighted by Crippen LogP contribution is 2.65. The van der Waals surface area contributed by atoms with Crippen LogP contribution < -0.4 is 4.90 Å². The Morgan fingerprint density at radius 1 is 0.300 bits per heavy atom. The van der Waals surface area contributed by atoms with Gasteiger partial charge in [-0.15, -0.1) is 0 Å². The topological polar surface area (TPSA) is 16.4 Å². The third kappa shape index (κ3) is 5.12. The van der Waals surface area contributed by atoms with Crippen molar-refractivity contribution in [3.8, 4) is 44.5 Å². The van der Waals surface area contributed by atoms with Crippen LogP contribution in [0.4, 0.5) is 17.1 Å². The average Bonchev–Trinajstić information content (AvgIpc) is 4.15. The summed E-state index contributed by atoms with van der Waals surface area (Å²) >= 11 is 0. The average molecular weight is 890 g/mol. The van der Waals surface area contributed by atoms with Gasteiger partial charge in [0.05, 0.1) is 16.5 Å². The molecule has 15 rings (SSSR count). The Balaban J connectivity index is 0.984. The van der Waals surface area contributed by atoms with Gasteiger partial charge >= 0.3 is 0 Å². The van der Waals surface area contributed by atoms with Crippen LogP contribution >= 0.6 is 0 Å². The minimum absolute atomic E-state index is 0.477. The van der Waals surface area contributed by atoms with Crippen molar-refractivity contribution >= 4 is 39.0 Å². The molecule has 12 aromatic rings. The molecule has 0 radical (unpaired) electrons. The number of hydrogen-bond acceptors (Lipinski definition) is 2. The molecule has 0 amide bonds. The van der Waals surface area contributed by atoms with E-state index in [0.29, 0.717) is 0 Å². The fraction of sp³-hybridized carbons (Fsp3) is 0.0294. The smallest absolute Gasteiger partial charge is 0.143 e. The second-order valence-electron chi connectivity index (χ2n) is 19.0. The van der Waals surface area contributed by atoms with Crippen molar-refractivity contribution in [2.45, 2.75) is 10.8 Å². The SMILES string of the molecule is c1ccc(C2(c3ccc(N(c4cccc(-c5cccc6c5oc5ccccc56)c4)c4cccc5c4-c4ccccc4C54c5ccccc5-c5ccccc54)cc3)c3ccccc3-c3ccccc32)cc1. The number of furan rings is 1. The Morgan fingerprint density at radius 2 is 0.771 bits per heavy atom. The van der Waals surface area contributed by atoms with Crippen molar-refractivity contribution in [1.29, 1.82) is 0 Å². The van der Waals surface area contributed by atoms with Crippen LogP contribution in [0.5, 0.6) is 0 Å². The predicted molar refractivity (Wildman–Crippen MR) is 287 cm³/mol. The van der Waals surface area contributed by atoms with E-state index in [9.17, 15) is 0 Å². The Bertz CT molecular complexity index is 3990. The highest BCUT2D eigenvalue weighted by molar-refractivity contribution is 6.10. The van der Waals surface area contributed by atoms with Gasteiger partial charge in [0, 0.05) is 33.3 Å². The van der Waals surface area contributed by atoms with E-state index in [1.54, 1.807) is 0 Å². The number of para-hydroxylation sites is 2. The summed E-state index contributed by atoms with van der Waals surface area (Å²) in [5.74, 6) is 0. The lowest BCUT2D eigenvalue weighted by Gasteiger charge is -2.35. The zero-order chi connectivity index (χ0) is 46.0. The molecular formula is C68H43NO. The molecule has 0 aliphatic heterocycles. The summed E-state index contributed by atoms with van der Waals surface area (Å²) < 4.78 is 6.66. The molecular weight excluding hydrogens is 847 g/mol. The van der Waals surface area contributed by atoms with Crippen LogP contribution in [0.25, 0.3) is 66.4 Å². The van der Waals surface area contributed by atoms with Crippen LogP contribution in [-0.4, -0.2) is 0 Å². The minimum Gasteiger partial charge on any atom is -0.455 e. The Kier molecular flexibility index (Phi) is 8.24. The van der Waals surface area contributed by atoms with Crippen molar-refractivity contribution in [2.75, 3.05) is 4.90 Å². The molecule has 0 unspecified atom stereocenters. The largest absolute Gasteiger partial charge is 0.455 e. The monoisotopic (exact) mass is 889 g/mol. The van der Waals surface area contributed by atoms with Crippen LogP contribution in [0, 0.1) is 0 Å². The van der Waals surface area contributed by atoms with Gasteiger partial charge in [0.25, 0.3) is 0 Å². The first-order valence-electron chi connectivity index (χ1n) is 24.3. The maximum Gasteiger partial charge on any atom is 0.143 e. The van der Waals surface area contributed by atoms with E-state index >= 15 is 0 Å². The Morgan fingerprint density at radius 3 is 1.43 bits per heavy atom. The van der Waals surface area contributed by atoms with E-state index < -0.39 is 10.8 Å². The van der Waals surface area contributed by atoms with E-state index in [1.165, 1.54) is 77.9 Å². The van der Waals surface area contributed by atoms with Gasteiger partial charge in [-0.3, -0.25) is 0 Å². The molecule has 326 valence electrons. The summed E-state index contributed by atoms with van der Waals surface area (Å²) in [7, 11) is 0. The summed E-state index contributed by atoms with van der Waals surface area (Å²) in [6.07, 6.45) is 0. The Hall–Kier alpha value is -8.98. The molecule has 1 spiro atoms.